The summed E-state index contributed by atoms with van der Waals surface area (Å²) < 4.78 is 40.8. The fourth-order valence-corrected chi connectivity index (χ4v) is 2.48. The Morgan fingerprint density at radius 1 is 1.08 bits per heavy atom. The minimum absolute atomic E-state index is 0.181. The average Bonchev–Trinajstić information content (AvgIpc) is 2.53. The van der Waals surface area contributed by atoms with Crippen LogP contribution in [0.3, 0.4) is 0 Å². The van der Waals surface area contributed by atoms with Crippen molar-refractivity contribution in [1.29, 1.82) is 0 Å². The fourth-order valence-electron chi connectivity index (χ4n) is 2.48. The minimum Gasteiger partial charge on any atom is -0.350 e. The zero-order valence-corrected chi connectivity index (χ0v) is 13.7. The second kappa shape index (κ2) is 7.49. The van der Waals surface area contributed by atoms with Crippen molar-refractivity contribution in [1.82, 2.24) is 10.2 Å². The van der Waals surface area contributed by atoms with Crippen LogP contribution in [0.2, 0.25) is 0 Å². The smallest absolute Gasteiger partial charge is 0.242 e. The van der Waals surface area contributed by atoms with Crippen molar-refractivity contribution in [2.24, 2.45) is 0 Å². The Kier molecular flexibility index (Phi) is 5.62. The number of nitrogens with zero attached hydrogens (tertiary/aromatic N) is 1. The lowest BCUT2D eigenvalue weighted by molar-refractivity contribution is -0.126. The molecule has 2 aromatic carbocycles. The van der Waals surface area contributed by atoms with Gasteiger partial charge in [-0.05, 0) is 50.3 Å². The molecule has 1 N–H and O–H groups in total. The molecule has 2 aromatic rings. The highest BCUT2D eigenvalue weighted by atomic mass is 19.1. The first-order chi connectivity index (χ1) is 11.3. The van der Waals surface area contributed by atoms with E-state index in [0.717, 1.165) is 0 Å². The molecule has 0 spiro atoms. The van der Waals surface area contributed by atoms with Crippen LogP contribution in [0.25, 0.3) is 0 Å². The van der Waals surface area contributed by atoms with Crippen molar-refractivity contribution in [2.75, 3.05) is 14.1 Å². The highest BCUT2D eigenvalue weighted by Gasteiger charge is 2.23. The van der Waals surface area contributed by atoms with E-state index in [-0.39, 0.29) is 12.1 Å². The number of halogens is 3. The van der Waals surface area contributed by atoms with Gasteiger partial charge in [-0.25, -0.2) is 13.2 Å². The molecular formula is C18H19F3N2O. The molecule has 1 amide bonds. The molecule has 0 heterocycles. The third kappa shape index (κ3) is 3.94. The van der Waals surface area contributed by atoms with Crippen molar-refractivity contribution < 1.29 is 18.0 Å². The molecule has 0 fully saturated rings. The molecule has 2 rings (SSSR count). The van der Waals surface area contributed by atoms with Crippen LogP contribution in [0.15, 0.2) is 36.4 Å². The maximum Gasteiger partial charge on any atom is 0.242 e. The number of likely N-dealkylation sites (N-methyl/N-ethyl adjacent to an activating group) is 1. The Morgan fingerprint density at radius 3 is 2.29 bits per heavy atom. The largest absolute Gasteiger partial charge is 0.350 e. The second-order valence-corrected chi connectivity index (χ2v) is 5.79. The van der Waals surface area contributed by atoms with Crippen LogP contribution < -0.4 is 5.32 Å². The van der Waals surface area contributed by atoms with Crippen LogP contribution in [0.4, 0.5) is 13.2 Å². The first-order valence-electron chi connectivity index (χ1n) is 7.44. The van der Waals surface area contributed by atoms with Crippen molar-refractivity contribution in [3.05, 3.63) is 70.5 Å². The number of amides is 1. The topological polar surface area (TPSA) is 32.3 Å². The van der Waals surface area contributed by atoms with Gasteiger partial charge in [0.15, 0.2) is 0 Å². The molecule has 6 heteroatoms. The van der Waals surface area contributed by atoms with E-state index in [1.54, 1.807) is 19.0 Å². The van der Waals surface area contributed by atoms with Gasteiger partial charge in [0.25, 0.3) is 0 Å². The lowest BCUT2D eigenvalue weighted by atomic mass is 10.0. The van der Waals surface area contributed by atoms with E-state index in [2.05, 4.69) is 5.32 Å². The summed E-state index contributed by atoms with van der Waals surface area (Å²) >= 11 is 0. The van der Waals surface area contributed by atoms with Gasteiger partial charge in [0.05, 0.1) is 0 Å². The summed E-state index contributed by atoms with van der Waals surface area (Å²) in [6, 6.07) is 7.36. The number of benzene rings is 2. The van der Waals surface area contributed by atoms with Crippen LogP contribution in [-0.4, -0.2) is 24.9 Å². The molecule has 0 saturated carbocycles. The normalized spacial score (nSPS) is 12.3. The number of carbonyl (C=O) groups excluding carboxylic acids is 1. The molecule has 1 atom stereocenters. The quantitative estimate of drug-likeness (QED) is 0.908. The number of carbonyl (C=O) groups is 1. The molecule has 0 radical (unpaired) electrons. The Bertz CT molecular complexity index is 730. The van der Waals surface area contributed by atoms with Gasteiger partial charge in [-0.15, -0.1) is 0 Å². The zero-order valence-electron chi connectivity index (χ0n) is 13.7. The van der Waals surface area contributed by atoms with Gasteiger partial charge >= 0.3 is 0 Å². The highest BCUT2D eigenvalue weighted by molar-refractivity contribution is 5.83. The molecule has 0 aromatic heterocycles. The van der Waals surface area contributed by atoms with E-state index in [4.69, 9.17) is 0 Å². The van der Waals surface area contributed by atoms with Crippen LogP contribution >= 0.6 is 0 Å². The Labute approximate surface area is 139 Å². The predicted octanol–water partition coefficient (Wildman–Crippen LogP) is 3.33. The molecule has 3 nitrogen and oxygen atoms in total. The van der Waals surface area contributed by atoms with Crippen molar-refractivity contribution in [3.63, 3.8) is 0 Å². The molecule has 1 unspecified atom stereocenters. The summed E-state index contributed by atoms with van der Waals surface area (Å²) in [7, 11) is 3.39. The van der Waals surface area contributed by atoms with E-state index >= 15 is 0 Å². The number of aryl methyl sites for hydroxylation is 1. The van der Waals surface area contributed by atoms with Gasteiger partial charge in [-0.1, -0.05) is 18.2 Å². The number of nitrogens with one attached hydrogen (secondary N) is 1. The van der Waals surface area contributed by atoms with Gasteiger partial charge < -0.3 is 5.32 Å². The van der Waals surface area contributed by atoms with Crippen molar-refractivity contribution in [2.45, 2.75) is 19.5 Å². The summed E-state index contributed by atoms with van der Waals surface area (Å²) in [5.41, 5.74) is 0.715. The number of rotatable bonds is 5. The Balaban J connectivity index is 2.18. The molecular weight excluding hydrogens is 317 g/mol. The standard InChI is InChI=1S/C18H19F3N2O/c1-11-4-9-15(20)14(16(11)21)10-22-18(24)17(23(2)3)12-5-7-13(19)8-6-12/h4-9,17H,10H2,1-3H3,(H,22,24). The monoisotopic (exact) mass is 336 g/mol. The van der Waals surface area contributed by atoms with Gasteiger partial charge in [0, 0.05) is 12.1 Å². The van der Waals surface area contributed by atoms with E-state index in [0.29, 0.717) is 11.1 Å². The summed E-state index contributed by atoms with van der Waals surface area (Å²) in [5.74, 6) is -2.20. The first kappa shape index (κ1) is 18.0. The summed E-state index contributed by atoms with van der Waals surface area (Å²) in [6.07, 6.45) is 0. The first-order valence-corrected chi connectivity index (χ1v) is 7.44. The van der Waals surface area contributed by atoms with Crippen molar-refractivity contribution >= 4 is 5.91 Å². The van der Waals surface area contributed by atoms with Crippen LogP contribution in [0.5, 0.6) is 0 Å². The molecule has 0 saturated heterocycles. The molecule has 0 aliphatic rings. The average molecular weight is 336 g/mol. The third-order valence-electron chi connectivity index (χ3n) is 3.77. The van der Waals surface area contributed by atoms with Crippen LogP contribution in [-0.2, 0) is 11.3 Å². The van der Waals surface area contributed by atoms with E-state index in [1.165, 1.54) is 43.3 Å². The van der Waals surface area contributed by atoms with E-state index in [9.17, 15) is 18.0 Å². The molecule has 0 aliphatic heterocycles. The SMILES string of the molecule is Cc1ccc(F)c(CNC(=O)C(c2ccc(F)cc2)N(C)C)c1F. The van der Waals surface area contributed by atoms with Crippen LogP contribution in [0, 0.1) is 24.4 Å². The number of hydrogen-bond donors (Lipinski definition) is 1. The third-order valence-corrected chi connectivity index (χ3v) is 3.77. The lowest BCUT2D eigenvalue weighted by Crippen LogP contribution is -2.37. The molecule has 24 heavy (non-hydrogen) atoms. The Hall–Kier alpha value is -2.34. The predicted molar refractivity (Wildman–Crippen MR) is 85.8 cm³/mol. The summed E-state index contributed by atoms with van der Waals surface area (Å²) in [6.45, 7) is 1.27. The maximum absolute atomic E-state index is 14.0. The van der Waals surface area contributed by atoms with Crippen molar-refractivity contribution in [3.8, 4) is 0 Å². The maximum atomic E-state index is 14.0. The lowest BCUT2D eigenvalue weighted by Gasteiger charge is -2.24. The van der Waals surface area contributed by atoms with Gasteiger partial charge in [0.2, 0.25) is 5.91 Å². The van der Waals surface area contributed by atoms with Gasteiger partial charge in [0.1, 0.15) is 23.5 Å². The second-order valence-electron chi connectivity index (χ2n) is 5.79. The number of hydrogen-bond acceptors (Lipinski definition) is 2. The molecule has 0 aliphatic carbocycles. The summed E-state index contributed by atoms with van der Waals surface area (Å²) in [5, 5.41) is 2.55. The molecule has 128 valence electrons. The molecule has 0 bridgehead atoms. The van der Waals surface area contributed by atoms with Gasteiger partial charge in [-0.3, -0.25) is 9.69 Å². The minimum atomic E-state index is -0.707. The fraction of sp³-hybridized carbons (Fsp3) is 0.278. The van der Waals surface area contributed by atoms with E-state index < -0.39 is 29.4 Å². The van der Waals surface area contributed by atoms with E-state index in [1.807, 2.05) is 0 Å². The summed E-state index contributed by atoms with van der Waals surface area (Å²) in [4.78, 5) is 14.1. The zero-order chi connectivity index (χ0) is 17.9. The van der Waals surface area contributed by atoms with Crippen LogP contribution in [0.1, 0.15) is 22.7 Å². The highest BCUT2D eigenvalue weighted by Crippen LogP contribution is 2.20. The Morgan fingerprint density at radius 2 is 1.71 bits per heavy atom. The van der Waals surface area contributed by atoms with Gasteiger partial charge in [-0.2, -0.15) is 0 Å².